The van der Waals surface area contributed by atoms with Crippen molar-refractivity contribution in [3.05, 3.63) is 59.2 Å². The fourth-order valence-corrected chi connectivity index (χ4v) is 4.27. The summed E-state index contributed by atoms with van der Waals surface area (Å²) in [7, 11) is 6.30. The summed E-state index contributed by atoms with van der Waals surface area (Å²) in [5, 5.41) is 24.1. The second-order valence-corrected chi connectivity index (χ2v) is 8.96. The lowest BCUT2D eigenvalue weighted by molar-refractivity contribution is 0.296. The van der Waals surface area contributed by atoms with Crippen molar-refractivity contribution >= 4 is 22.7 Å². The van der Waals surface area contributed by atoms with Crippen molar-refractivity contribution in [1.82, 2.24) is 19.9 Å². The van der Waals surface area contributed by atoms with Crippen molar-refractivity contribution in [2.45, 2.75) is 25.9 Å². The summed E-state index contributed by atoms with van der Waals surface area (Å²) in [6.45, 7) is 0.358. The molecule has 0 aliphatic rings. The lowest BCUT2D eigenvalue weighted by Gasteiger charge is -2.21. The molecule has 0 bridgehead atoms. The number of nitrogens with zero attached hydrogens (tertiary/aromatic N) is 5. The SMILES string of the molecule is COc1ccc(CNc2nc(CCO)nc3c(N(N)Cc4ccc(OC)c(OC)c4)nc(CCO)nc23)cc1OC. The molecule has 41 heavy (non-hydrogen) atoms. The average molecular weight is 566 g/mol. The molecule has 0 unspecified atom stereocenters. The highest BCUT2D eigenvalue weighted by Gasteiger charge is 2.20. The Bertz CT molecular complexity index is 1490. The van der Waals surface area contributed by atoms with Crippen LogP contribution in [0.25, 0.3) is 11.0 Å². The predicted octanol–water partition coefficient (Wildman–Crippen LogP) is 2.02. The first kappa shape index (κ1) is 29.5. The van der Waals surface area contributed by atoms with Crippen LogP contribution in [0.2, 0.25) is 0 Å². The first-order valence-electron chi connectivity index (χ1n) is 12.9. The lowest BCUT2D eigenvalue weighted by Crippen LogP contribution is -2.32. The molecule has 0 radical (unpaired) electrons. The zero-order valence-electron chi connectivity index (χ0n) is 23.5. The maximum Gasteiger partial charge on any atom is 0.173 e. The zero-order chi connectivity index (χ0) is 29.4. The summed E-state index contributed by atoms with van der Waals surface area (Å²) >= 11 is 0. The second kappa shape index (κ2) is 13.7. The van der Waals surface area contributed by atoms with Gasteiger partial charge in [-0.25, -0.2) is 25.8 Å². The van der Waals surface area contributed by atoms with Crippen LogP contribution in [0.3, 0.4) is 0 Å². The molecule has 4 rings (SSSR count). The average Bonchev–Trinajstić information content (AvgIpc) is 2.99. The number of nitrogens with one attached hydrogen (secondary N) is 1. The van der Waals surface area contributed by atoms with Gasteiger partial charge in [-0.1, -0.05) is 12.1 Å². The summed E-state index contributed by atoms with van der Waals surface area (Å²) < 4.78 is 21.5. The summed E-state index contributed by atoms with van der Waals surface area (Å²) in [6.07, 6.45) is 0.430. The van der Waals surface area contributed by atoms with Crippen LogP contribution in [0.15, 0.2) is 36.4 Å². The molecule has 0 saturated heterocycles. The van der Waals surface area contributed by atoms with Gasteiger partial charge < -0.3 is 34.5 Å². The Morgan fingerprint density at radius 2 is 1.24 bits per heavy atom. The minimum Gasteiger partial charge on any atom is -0.493 e. The van der Waals surface area contributed by atoms with Gasteiger partial charge in [0.25, 0.3) is 0 Å². The smallest absolute Gasteiger partial charge is 0.173 e. The number of hydrazine groups is 1. The van der Waals surface area contributed by atoms with Gasteiger partial charge in [0, 0.05) is 19.4 Å². The van der Waals surface area contributed by atoms with Gasteiger partial charge in [0.15, 0.2) is 34.6 Å². The van der Waals surface area contributed by atoms with Gasteiger partial charge in [-0.3, -0.25) is 5.01 Å². The molecule has 5 N–H and O–H groups in total. The van der Waals surface area contributed by atoms with E-state index in [0.717, 1.165) is 11.1 Å². The van der Waals surface area contributed by atoms with Crippen molar-refractivity contribution in [2.75, 3.05) is 52.0 Å². The molecule has 218 valence electrons. The van der Waals surface area contributed by atoms with Gasteiger partial charge in [0.1, 0.15) is 22.7 Å². The third-order valence-corrected chi connectivity index (χ3v) is 6.27. The minimum atomic E-state index is -0.150. The molecule has 0 amide bonds. The van der Waals surface area contributed by atoms with E-state index in [-0.39, 0.29) is 32.6 Å². The monoisotopic (exact) mass is 565 g/mol. The molecule has 0 fully saturated rings. The van der Waals surface area contributed by atoms with Gasteiger partial charge in [-0.2, -0.15) is 0 Å². The van der Waals surface area contributed by atoms with E-state index in [2.05, 4.69) is 25.3 Å². The number of rotatable bonds is 14. The number of benzene rings is 2. The number of nitrogens with two attached hydrogens (primary N) is 1. The maximum atomic E-state index is 9.64. The largest absolute Gasteiger partial charge is 0.493 e. The molecule has 0 atom stereocenters. The summed E-state index contributed by atoms with van der Waals surface area (Å²) in [5.41, 5.74) is 2.60. The van der Waals surface area contributed by atoms with Crippen LogP contribution in [-0.2, 0) is 25.9 Å². The fourth-order valence-electron chi connectivity index (χ4n) is 4.27. The third-order valence-electron chi connectivity index (χ3n) is 6.27. The van der Waals surface area contributed by atoms with Crippen molar-refractivity contribution in [3.63, 3.8) is 0 Å². The fraction of sp³-hybridized carbons (Fsp3) is 0.357. The number of aliphatic hydroxyl groups excluding tert-OH is 2. The lowest BCUT2D eigenvalue weighted by atomic mass is 10.2. The van der Waals surface area contributed by atoms with Crippen LogP contribution < -0.4 is 35.1 Å². The number of ether oxygens (including phenoxy) is 4. The Labute approximate surface area is 237 Å². The molecule has 4 aromatic rings. The summed E-state index contributed by atoms with van der Waals surface area (Å²) in [6, 6.07) is 11.1. The Balaban J connectivity index is 1.75. The first-order chi connectivity index (χ1) is 19.9. The van der Waals surface area contributed by atoms with Crippen LogP contribution in [0, 0.1) is 0 Å². The van der Waals surface area contributed by atoms with Crippen molar-refractivity contribution in [1.29, 1.82) is 0 Å². The topological polar surface area (TPSA) is 170 Å². The van der Waals surface area contributed by atoms with E-state index in [1.807, 2.05) is 30.3 Å². The van der Waals surface area contributed by atoms with E-state index in [4.69, 9.17) is 24.8 Å². The van der Waals surface area contributed by atoms with E-state index < -0.39 is 0 Å². The molecular formula is C28H35N7O6. The van der Waals surface area contributed by atoms with Gasteiger partial charge in [-0.05, 0) is 35.4 Å². The molecule has 0 saturated carbocycles. The highest BCUT2D eigenvalue weighted by Crippen LogP contribution is 2.31. The van der Waals surface area contributed by atoms with Crippen molar-refractivity contribution in [3.8, 4) is 23.0 Å². The predicted molar refractivity (Wildman–Crippen MR) is 153 cm³/mol. The van der Waals surface area contributed by atoms with E-state index >= 15 is 0 Å². The van der Waals surface area contributed by atoms with Gasteiger partial charge in [0.05, 0.1) is 48.2 Å². The molecular weight excluding hydrogens is 530 g/mol. The maximum absolute atomic E-state index is 9.64. The highest BCUT2D eigenvalue weighted by molar-refractivity contribution is 5.92. The highest BCUT2D eigenvalue weighted by atomic mass is 16.5. The van der Waals surface area contributed by atoms with Crippen molar-refractivity contribution in [2.24, 2.45) is 5.84 Å². The van der Waals surface area contributed by atoms with E-state index in [1.54, 1.807) is 34.5 Å². The zero-order valence-corrected chi connectivity index (χ0v) is 23.5. The Kier molecular flexibility index (Phi) is 9.90. The molecule has 0 aliphatic heterocycles. The molecule has 2 heterocycles. The summed E-state index contributed by atoms with van der Waals surface area (Å²) in [5.74, 6) is 10.5. The van der Waals surface area contributed by atoms with E-state index in [1.165, 1.54) is 5.01 Å². The van der Waals surface area contributed by atoms with Crippen LogP contribution in [-0.4, -0.2) is 71.8 Å². The normalized spacial score (nSPS) is 10.9. The van der Waals surface area contributed by atoms with Gasteiger partial charge in [-0.15, -0.1) is 0 Å². The quantitative estimate of drug-likeness (QED) is 0.129. The Hall–Kier alpha value is -4.46. The number of fused-ring (bicyclic) bond motifs is 1. The molecule has 2 aromatic carbocycles. The van der Waals surface area contributed by atoms with Crippen LogP contribution in [0.5, 0.6) is 23.0 Å². The number of anilines is 2. The number of hydrogen-bond donors (Lipinski definition) is 4. The minimum absolute atomic E-state index is 0.141. The van der Waals surface area contributed by atoms with Crippen LogP contribution in [0.4, 0.5) is 11.6 Å². The molecule has 2 aromatic heterocycles. The summed E-state index contributed by atoms with van der Waals surface area (Å²) in [4.78, 5) is 18.6. The molecule has 13 nitrogen and oxygen atoms in total. The van der Waals surface area contributed by atoms with Crippen LogP contribution in [0.1, 0.15) is 22.8 Å². The second-order valence-electron chi connectivity index (χ2n) is 8.96. The number of aromatic nitrogens is 4. The number of aliphatic hydroxyl groups is 2. The van der Waals surface area contributed by atoms with Crippen molar-refractivity contribution < 1.29 is 29.2 Å². The van der Waals surface area contributed by atoms with E-state index in [9.17, 15) is 10.2 Å². The third kappa shape index (κ3) is 6.82. The number of hydrogen-bond acceptors (Lipinski definition) is 13. The Morgan fingerprint density at radius 3 is 1.83 bits per heavy atom. The van der Waals surface area contributed by atoms with Gasteiger partial charge in [0.2, 0.25) is 0 Å². The molecule has 0 spiro atoms. The van der Waals surface area contributed by atoms with Gasteiger partial charge >= 0.3 is 0 Å². The molecule has 13 heteroatoms. The van der Waals surface area contributed by atoms with E-state index in [0.29, 0.717) is 63.9 Å². The Morgan fingerprint density at radius 1 is 0.707 bits per heavy atom. The number of methoxy groups -OCH3 is 4. The first-order valence-corrected chi connectivity index (χ1v) is 12.9. The molecule has 0 aliphatic carbocycles. The van der Waals surface area contributed by atoms with Crippen LogP contribution >= 0.6 is 0 Å². The standard InChI is InChI=1S/C28H35N7O6/c1-38-19-7-5-17(13-21(19)40-3)15-30-27-25-26(32-23(33-27)9-11-36)28(34-24(31-25)10-12-37)35(29)16-18-6-8-20(39-2)22(14-18)41-4/h5-8,13-14,36-37H,9-12,15-16,29H2,1-4H3,(H,30,32,33).